The molecule has 0 fully saturated rings. The van der Waals surface area contributed by atoms with Crippen LogP contribution >= 0.6 is 45.2 Å². The van der Waals surface area contributed by atoms with Crippen LogP contribution in [0.25, 0.3) is 0 Å². The van der Waals surface area contributed by atoms with Crippen molar-refractivity contribution in [3.8, 4) is 0 Å². The molecule has 0 saturated carbocycles. The van der Waals surface area contributed by atoms with E-state index in [1.54, 1.807) is 6.20 Å². The number of rotatable bonds is 2. The molecule has 0 atom stereocenters. The van der Waals surface area contributed by atoms with Gasteiger partial charge in [0.25, 0.3) is 0 Å². The van der Waals surface area contributed by atoms with E-state index in [1.807, 2.05) is 41.7 Å². The van der Waals surface area contributed by atoms with Gasteiger partial charge in [0.05, 0.1) is 0 Å². The average Bonchev–Trinajstić information content (AvgIpc) is 1.87. The Bertz CT molecular complexity index is 178. The molecule has 0 aromatic rings. The van der Waals surface area contributed by atoms with Crippen LogP contribution in [0.2, 0.25) is 0 Å². The molecule has 0 saturated heterocycles. The Labute approximate surface area is 87.9 Å². The first-order valence-electron chi connectivity index (χ1n) is 2.64. The smallest absolute Gasteiger partial charge is 0.161 e. The first kappa shape index (κ1) is 10.4. The summed E-state index contributed by atoms with van der Waals surface area (Å²) >= 11 is 4.17. The van der Waals surface area contributed by atoms with Gasteiger partial charge in [0.1, 0.15) is 0 Å². The van der Waals surface area contributed by atoms with Gasteiger partial charge in [-0.25, -0.2) is 4.99 Å². The minimum Gasteiger partial charge on any atom is -0.379 e. The summed E-state index contributed by atoms with van der Waals surface area (Å²) in [5.74, 6) is 0. The van der Waals surface area contributed by atoms with Crippen LogP contribution in [0.4, 0.5) is 0 Å². The van der Waals surface area contributed by atoms with Crippen LogP contribution < -0.4 is 5.73 Å². The summed E-state index contributed by atoms with van der Waals surface area (Å²) in [5.41, 5.74) is 5.28. The first-order chi connectivity index (χ1) is 4.66. The molecule has 0 heterocycles. The second-order valence-electron chi connectivity index (χ2n) is 1.44. The molecule has 10 heavy (non-hydrogen) atoms. The third-order valence-corrected chi connectivity index (χ3v) is 1.97. The molecule has 0 radical (unpaired) electrons. The lowest BCUT2D eigenvalue weighted by atomic mass is 10.5. The van der Waals surface area contributed by atoms with Gasteiger partial charge in [-0.3, -0.25) is 0 Å². The van der Waals surface area contributed by atoms with Gasteiger partial charge in [0.2, 0.25) is 0 Å². The number of allylic oxidation sites excluding steroid dienone is 3. The summed E-state index contributed by atoms with van der Waals surface area (Å²) in [6.07, 6.45) is 5.57. The van der Waals surface area contributed by atoms with Crippen LogP contribution in [-0.4, -0.2) is 3.84 Å². The maximum atomic E-state index is 5.28. The standard InChI is InChI=1S/C6H8I2N2/c1-2-5(7)3-4-10-6(8)9/h2-4H,1H3,(H2,9,10)/b4-3-,5-2+. The van der Waals surface area contributed by atoms with Crippen molar-refractivity contribution in [3.05, 3.63) is 21.9 Å². The van der Waals surface area contributed by atoms with E-state index < -0.39 is 0 Å². The van der Waals surface area contributed by atoms with Gasteiger partial charge in [0, 0.05) is 9.78 Å². The topological polar surface area (TPSA) is 38.4 Å². The SMILES string of the molecule is C/C=C(I)\C=C/N=C(N)I. The predicted octanol–water partition coefficient (Wildman–Crippen LogP) is 2.59. The summed E-state index contributed by atoms with van der Waals surface area (Å²) < 4.78 is 1.70. The molecule has 0 bridgehead atoms. The van der Waals surface area contributed by atoms with Gasteiger partial charge in [-0.1, -0.05) is 6.08 Å². The lowest BCUT2D eigenvalue weighted by molar-refractivity contribution is 1.54. The molecule has 2 nitrogen and oxygen atoms in total. The molecule has 56 valence electrons. The summed E-state index contributed by atoms with van der Waals surface area (Å²) in [6, 6.07) is 0. The molecule has 0 aromatic carbocycles. The Morgan fingerprint density at radius 1 is 1.50 bits per heavy atom. The zero-order chi connectivity index (χ0) is 7.98. The summed E-state index contributed by atoms with van der Waals surface area (Å²) in [7, 11) is 0. The fraction of sp³-hybridized carbons (Fsp3) is 0.167. The Morgan fingerprint density at radius 3 is 2.50 bits per heavy atom. The number of aliphatic imine (C=N–C) groups is 1. The van der Waals surface area contributed by atoms with Gasteiger partial charge < -0.3 is 5.73 Å². The fourth-order valence-corrected chi connectivity index (χ4v) is 0.598. The van der Waals surface area contributed by atoms with Crippen LogP contribution in [0.1, 0.15) is 6.92 Å². The Hall–Kier alpha value is 0.410. The largest absolute Gasteiger partial charge is 0.379 e. The quantitative estimate of drug-likeness (QED) is 0.265. The summed E-state index contributed by atoms with van der Waals surface area (Å²) in [5, 5.41) is 0. The molecule has 0 aliphatic heterocycles. The predicted molar refractivity (Wildman–Crippen MR) is 62.6 cm³/mol. The highest BCUT2D eigenvalue weighted by atomic mass is 127. The van der Waals surface area contributed by atoms with Gasteiger partial charge in [-0.2, -0.15) is 0 Å². The summed E-state index contributed by atoms with van der Waals surface area (Å²) in [4.78, 5) is 3.87. The highest BCUT2D eigenvalue weighted by Gasteiger charge is 1.78. The van der Waals surface area contributed by atoms with E-state index in [4.69, 9.17) is 5.73 Å². The lowest BCUT2D eigenvalue weighted by Crippen LogP contribution is -1.98. The first-order valence-corrected chi connectivity index (χ1v) is 4.79. The zero-order valence-electron chi connectivity index (χ0n) is 5.51. The van der Waals surface area contributed by atoms with Crippen LogP contribution in [0.15, 0.2) is 26.9 Å². The van der Waals surface area contributed by atoms with Crippen molar-refractivity contribution >= 4 is 49.0 Å². The average molecular weight is 362 g/mol. The minimum absolute atomic E-state index is 0.550. The molecule has 4 heteroatoms. The van der Waals surface area contributed by atoms with Crippen LogP contribution in [0.3, 0.4) is 0 Å². The van der Waals surface area contributed by atoms with Crippen molar-refractivity contribution in [2.24, 2.45) is 10.7 Å². The van der Waals surface area contributed by atoms with Gasteiger partial charge >= 0.3 is 0 Å². The zero-order valence-corrected chi connectivity index (χ0v) is 9.83. The third kappa shape index (κ3) is 6.53. The molecule has 0 aliphatic rings. The molecular weight excluding hydrogens is 354 g/mol. The van der Waals surface area contributed by atoms with Gasteiger partial charge in [-0.05, 0) is 58.2 Å². The third-order valence-electron chi connectivity index (χ3n) is 0.707. The minimum atomic E-state index is 0.550. The van der Waals surface area contributed by atoms with Crippen LogP contribution in [-0.2, 0) is 0 Å². The maximum absolute atomic E-state index is 5.28. The molecule has 0 unspecified atom stereocenters. The number of nitrogens with two attached hydrogens (primary N) is 1. The van der Waals surface area contributed by atoms with E-state index in [0.717, 1.165) is 3.58 Å². The van der Waals surface area contributed by atoms with E-state index >= 15 is 0 Å². The van der Waals surface area contributed by atoms with E-state index in [-0.39, 0.29) is 0 Å². The van der Waals surface area contributed by atoms with Crippen molar-refractivity contribution in [2.75, 3.05) is 0 Å². The number of amidine groups is 1. The Balaban J connectivity index is 3.90. The highest BCUT2D eigenvalue weighted by Crippen LogP contribution is 2.06. The molecule has 0 spiro atoms. The normalized spacial score (nSPS) is 14.7. The number of hydrogen-bond donors (Lipinski definition) is 1. The summed E-state index contributed by atoms with van der Waals surface area (Å²) in [6.45, 7) is 1.98. The van der Waals surface area contributed by atoms with E-state index in [9.17, 15) is 0 Å². The van der Waals surface area contributed by atoms with E-state index in [2.05, 4.69) is 27.6 Å². The second kappa shape index (κ2) is 6.14. The monoisotopic (exact) mass is 362 g/mol. The highest BCUT2D eigenvalue weighted by molar-refractivity contribution is 14.1. The van der Waals surface area contributed by atoms with Crippen molar-refractivity contribution in [1.82, 2.24) is 0 Å². The van der Waals surface area contributed by atoms with E-state index in [0.29, 0.717) is 3.84 Å². The van der Waals surface area contributed by atoms with E-state index in [1.165, 1.54) is 0 Å². The van der Waals surface area contributed by atoms with Crippen molar-refractivity contribution in [2.45, 2.75) is 6.92 Å². The van der Waals surface area contributed by atoms with Gasteiger partial charge in [0.15, 0.2) is 3.84 Å². The van der Waals surface area contributed by atoms with Crippen LogP contribution in [0.5, 0.6) is 0 Å². The molecular formula is C6H8I2N2. The second-order valence-corrected chi connectivity index (χ2v) is 3.79. The molecule has 0 aromatic heterocycles. The molecule has 0 aliphatic carbocycles. The molecule has 0 amide bonds. The fourth-order valence-electron chi connectivity index (χ4n) is 0.276. The lowest BCUT2D eigenvalue weighted by Gasteiger charge is -1.83. The van der Waals surface area contributed by atoms with Gasteiger partial charge in [-0.15, -0.1) is 0 Å². The molecule has 0 rings (SSSR count). The van der Waals surface area contributed by atoms with Crippen molar-refractivity contribution in [1.29, 1.82) is 0 Å². The van der Waals surface area contributed by atoms with Crippen molar-refractivity contribution < 1.29 is 0 Å². The Morgan fingerprint density at radius 2 is 2.10 bits per heavy atom. The number of halogens is 2. The molecule has 2 N–H and O–H groups in total. The number of hydrogen-bond acceptors (Lipinski definition) is 1. The van der Waals surface area contributed by atoms with Crippen LogP contribution in [0, 0.1) is 0 Å². The maximum Gasteiger partial charge on any atom is 0.161 e. The number of nitrogens with zero attached hydrogens (tertiary/aromatic N) is 1. The van der Waals surface area contributed by atoms with Crippen molar-refractivity contribution in [3.63, 3.8) is 0 Å². The Kier molecular flexibility index (Phi) is 6.39.